The Morgan fingerprint density at radius 1 is 1.26 bits per heavy atom. The molecule has 0 spiro atoms. The molecule has 158 valence electrons. The Kier molecular flexibility index (Phi) is 5.89. The third-order valence-corrected chi connectivity index (χ3v) is 5.29. The Balaban J connectivity index is 1.45. The Bertz CT molecular complexity index is 1180. The number of rotatable bonds is 7. The van der Waals surface area contributed by atoms with Crippen LogP contribution in [0.2, 0.25) is 0 Å². The van der Waals surface area contributed by atoms with Crippen LogP contribution in [0.3, 0.4) is 0 Å². The quantitative estimate of drug-likeness (QED) is 0.460. The van der Waals surface area contributed by atoms with Crippen molar-refractivity contribution in [1.29, 1.82) is 0 Å². The zero-order valence-corrected chi connectivity index (χ0v) is 17.2. The minimum absolute atomic E-state index is 0.00917. The minimum Gasteiger partial charge on any atom is -0.459 e. The van der Waals surface area contributed by atoms with Crippen LogP contribution in [0.1, 0.15) is 33.7 Å². The first-order chi connectivity index (χ1) is 15.0. The van der Waals surface area contributed by atoms with Crippen LogP contribution in [-0.2, 0) is 18.3 Å². The molecule has 0 saturated heterocycles. The van der Waals surface area contributed by atoms with Crippen LogP contribution < -0.4 is 10.6 Å². The zero-order valence-electron chi connectivity index (χ0n) is 16.4. The topological polar surface area (TPSA) is 102 Å². The van der Waals surface area contributed by atoms with E-state index < -0.39 is 11.9 Å². The first-order valence-electron chi connectivity index (χ1n) is 9.31. The number of benzene rings is 1. The fourth-order valence-corrected chi connectivity index (χ4v) is 3.70. The van der Waals surface area contributed by atoms with Crippen molar-refractivity contribution in [1.82, 2.24) is 19.9 Å². The van der Waals surface area contributed by atoms with Gasteiger partial charge in [0, 0.05) is 24.8 Å². The molecule has 0 saturated carbocycles. The predicted octanol–water partition coefficient (Wildman–Crippen LogP) is 3.31. The van der Waals surface area contributed by atoms with Gasteiger partial charge in [-0.25, -0.2) is 14.4 Å². The molecule has 0 radical (unpaired) electrons. The van der Waals surface area contributed by atoms with Crippen LogP contribution in [-0.4, -0.2) is 26.3 Å². The maximum absolute atomic E-state index is 13.4. The van der Waals surface area contributed by atoms with E-state index in [0.717, 1.165) is 0 Å². The van der Waals surface area contributed by atoms with Crippen LogP contribution >= 0.6 is 11.3 Å². The Morgan fingerprint density at radius 3 is 2.74 bits per heavy atom. The molecule has 0 aliphatic heterocycles. The second kappa shape index (κ2) is 8.92. The number of furan rings is 1. The molecule has 8 nitrogen and oxygen atoms in total. The summed E-state index contributed by atoms with van der Waals surface area (Å²) >= 11 is 1.21. The van der Waals surface area contributed by atoms with E-state index in [1.165, 1.54) is 29.7 Å². The van der Waals surface area contributed by atoms with Gasteiger partial charge in [0.05, 0.1) is 18.4 Å². The molecule has 4 aromatic rings. The summed E-state index contributed by atoms with van der Waals surface area (Å²) in [5, 5.41) is 7.63. The molecule has 0 aliphatic rings. The number of aromatic nitrogens is 3. The van der Waals surface area contributed by atoms with Crippen molar-refractivity contribution >= 4 is 28.3 Å². The predicted molar refractivity (Wildman–Crippen MR) is 112 cm³/mol. The number of halogens is 1. The van der Waals surface area contributed by atoms with E-state index >= 15 is 0 Å². The van der Waals surface area contributed by atoms with Gasteiger partial charge >= 0.3 is 0 Å². The summed E-state index contributed by atoms with van der Waals surface area (Å²) in [6, 6.07) is 8.51. The van der Waals surface area contributed by atoms with E-state index in [2.05, 4.69) is 20.6 Å². The molecule has 2 amide bonds. The van der Waals surface area contributed by atoms with Crippen LogP contribution in [0, 0.1) is 5.82 Å². The van der Waals surface area contributed by atoms with Gasteiger partial charge < -0.3 is 14.3 Å². The fourth-order valence-electron chi connectivity index (χ4n) is 3.00. The van der Waals surface area contributed by atoms with Gasteiger partial charge in [-0.3, -0.25) is 14.9 Å². The summed E-state index contributed by atoms with van der Waals surface area (Å²) in [6.45, 7) is 0. The summed E-state index contributed by atoms with van der Waals surface area (Å²) in [5.74, 6) is -0.273. The SMILES string of the molecule is Cn1ccnc1C(NC(=O)Cc1csc(NC(=O)c2ccco2)n1)c1ccc(F)cc1. The van der Waals surface area contributed by atoms with Crippen molar-refractivity contribution in [3.63, 3.8) is 0 Å². The number of hydrogen-bond acceptors (Lipinski definition) is 6. The summed E-state index contributed by atoms with van der Waals surface area (Å²) in [5.41, 5.74) is 1.21. The maximum atomic E-state index is 13.4. The summed E-state index contributed by atoms with van der Waals surface area (Å²) in [7, 11) is 1.82. The van der Waals surface area contributed by atoms with E-state index in [1.54, 1.807) is 46.6 Å². The number of hydrogen-bond donors (Lipinski definition) is 2. The number of carbonyl (C=O) groups excluding carboxylic acids is 2. The van der Waals surface area contributed by atoms with E-state index in [9.17, 15) is 14.0 Å². The van der Waals surface area contributed by atoms with Gasteiger partial charge in [0.15, 0.2) is 10.9 Å². The molecule has 2 N–H and O–H groups in total. The van der Waals surface area contributed by atoms with Gasteiger partial charge in [0.1, 0.15) is 17.7 Å². The smallest absolute Gasteiger partial charge is 0.293 e. The second-order valence-corrected chi connectivity index (χ2v) is 7.56. The lowest BCUT2D eigenvalue weighted by Gasteiger charge is -2.19. The average molecular weight is 439 g/mol. The highest BCUT2D eigenvalue weighted by Gasteiger charge is 2.21. The van der Waals surface area contributed by atoms with Crippen molar-refractivity contribution in [2.45, 2.75) is 12.5 Å². The van der Waals surface area contributed by atoms with E-state index in [-0.39, 0.29) is 23.9 Å². The molecule has 0 bridgehead atoms. The first-order valence-corrected chi connectivity index (χ1v) is 10.2. The molecular formula is C21H18FN5O3S. The largest absolute Gasteiger partial charge is 0.459 e. The van der Waals surface area contributed by atoms with Gasteiger partial charge in [-0.1, -0.05) is 12.1 Å². The van der Waals surface area contributed by atoms with Crippen molar-refractivity contribution in [2.24, 2.45) is 7.05 Å². The lowest BCUT2D eigenvalue weighted by molar-refractivity contribution is -0.121. The fraction of sp³-hybridized carbons (Fsp3) is 0.143. The number of carbonyl (C=O) groups is 2. The molecule has 31 heavy (non-hydrogen) atoms. The highest BCUT2D eigenvalue weighted by molar-refractivity contribution is 7.14. The number of aryl methyl sites for hydroxylation is 1. The number of nitrogens with one attached hydrogen (secondary N) is 2. The Hall–Kier alpha value is -3.79. The van der Waals surface area contributed by atoms with E-state index in [1.807, 2.05) is 7.05 Å². The van der Waals surface area contributed by atoms with E-state index in [4.69, 9.17) is 4.42 Å². The molecule has 1 unspecified atom stereocenters. The van der Waals surface area contributed by atoms with Crippen molar-refractivity contribution in [3.8, 4) is 0 Å². The van der Waals surface area contributed by atoms with Crippen molar-refractivity contribution in [2.75, 3.05) is 5.32 Å². The van der Waals surface area contributed by atoms with Crippen molar-refractivity contribution < 1.29 is 18.4 Å². The Labute approximate surface area is 180 Å². The number of thiazole rings is 1. The molecule has 3 aromatic heterocycles. The van der Waals surface area contributed by atoms with Crippen LogP contribution in [0.5, 0.6) is 0 Å². The van der Waals surface area contributed by atoms with Gasteiger partial charge in [-0.15, -0.1) is 11.3 Å². The average Bonchev–Trinajstić information content (AvgIpc) is 3.50. The molecule has 10 heteroatoms. The normalized spacial score (nSPS) is 11.8. The highest BCUT2D eigenvalue weighted by Crippen LogP contribution is 2.22. The lowest BCUT2D eigenvalue weighted by Crippen LogP contribution is -2.32. The Morgan fingerprint density at radius 2 is 2.06 bits per heavy atom. The van der Waals surface area contributed by atoms with Crippen LogP contribution in [0.4, 0.5) is 9.52 Å². The molecule has 0 fully saturated rings. The standard InChI is InChI=1S/C21H18FN5O3S/c1-27-9-8-23-19(27)18(13-4-6-14(22)7-5-13)25-17(28)11-15-12-31-21(24-15)26-20(29)16-3-2-10-30-16/h2-10,12,18H,11H2,1H3,(H,25,28)(H,24,26,29). The number of imidazole rings is 1. The van der Waals surface area contributed by atoms with Crippen LogP contribution in [0.15, 0.2) is 64.9 Å². The molecule has 0 aliphatic carbocycles. The molecule has 4 rings (SSSR count). The number of amides is 2. The third kappa shape index (κ3) is 4.86. The van der Waals surface area contributed by atoms with Gasteiger partial charge in [-0.2, -0.15) is 0 Å². The molecule has 3 heterocycles. The number of nitrogens with zero attached hydrogens (tertiary/aromatic N) is 3. The van der Waals surface area contributed by atoms with E-state index in [0.29, 0.717) is 22.2 Å². The summed E-state index contributed by atoms with van der Waals surface area (Å²) in [4.78, 5) is 33.4. The summed E-state index contributed by atoms with van der Waals surface area (Å²) in [6.07, 6.45) is 4.82. The molecule has 1 aromatic carbocycles. The van der Waals surface area contributed by atoms with Gasteiger partial charge in [-0.05, 0) is 29.8 Å². The molecular weight excluding hydrogens is 421 g/mol. The van der Waals surface area contributed by atoms with Gasteiger partial charge in [0.25, 0.3) is 5.91 Å². The monoisotopic (exact) mass is 439 g/mol. The molecule has 1 atom stereocenters. The lowest BCUT2D eigenvalue weighted by atomic mass is 10.1. The van der Waals surface area contributed by atoms with Crippen LogP contribution in [0.25, 0.3) is 0 Å². The first kappa shape index (κ1) is 20.5. The maximum Gasteiger partial charge on any atom is 0.293 e. The van der Waals surface area contributed by atoms with Crippen molar-refractivity contribution in [3.05, 3.63) is 89.1 Å². The van der Waals surface area contributed by atoms with Gasteiger partial charge in [0.2, 0.25) is 5.91 Å². The highest BCUT2D eigenvalue weighted by atomic mass is 32.1. The summed E-state index contributed by atoms with van der Waals surface area (Å²) < 4.78 is 20.2. The minimum atomic E-state index is -0.551. The number of anilines is 1. The second-order valence-electron chi connectivity index (χ2n) is 6.70. The zero-order chi connectivity index (χ0) is 21.8. The third-order valence-electron chi connectivity index (χ3n) is 4.48.